The Hall–Kier alpha value is -1.30. The molecule has 5 atom stereocenters. The van der Waals surface area contributed by atoms with Gasteiger partial charge in [-0.15, -0.1) is 0 Å². The molecule has 6 N–H and O–H groups in total. The Labute approximate surface area is 177 Å². The molecule has 13 heteroatoms. The van der Waals surface area contributed by atoms with E-state index in [4.69, 9.17) is 10.5 Å². The number of hydrogen-bond donors (Lipinski definition) is 5. The van der Waals surface area contributed by atoms with Crippen LogP contribution in [0.4, 0.5) is 5.82 Å². The fourth-order valence-corrected chi connectivity index (χ4v) is 3.98. The number of nitrogens with zero attached hydrogens (tertiary/aromatic N) is 4. The van der Waals surface area contributed by atoms with Gasteiger partial charge in [0.2, 0.25) is 0 Å². The molecule has 0 spiro atoms. The number of aliphatic hydroxyl groups excluding tert-OH is 2. The van der Waals surface area contributed by atoms with Crippen molar-refractivity contribution in [1.29, 1.82) is 0 Å². The third kappa shape index (κ3) is 4.64. The second kappa shape index (κ2) is 9.95. The van der Waals surface area contributed by atoms with Crippen LogP contribution in [0.3, 0.4) is 0 Å². The molecule has 3 heterocycles. The topological polar surface area (TPSA) is 169 Å². The van der Waals surface area contributed by atoms with E-state index in [-0.39, 0.29) is 29.4 Å². The fourth-order valence-electron chi connectivity index (χ4n) is 2.99. The summed E-state index contributed by atoms with van der Waals surface area (Å²) in [6, 6.07) is -0.722. The van der Waals surface area contributed by atoms with Gasteiger partial charge in [-0.2, -0.15) is 0 Å². The van der Waals surface area contributed by atoms with Gasteiger partial charge in [0.15, 0.2) is 0 Å². The van der Waals surface area contributed by atoms with Crippen molar-refractivity contribution in [2.75, 3.05) is 12.3 Å². The van der Waals surface area contributed by atoms with E-state index in [2.05, 4.69) is 20.3 Å². The summed E-state index contributed by atoms with van der Waals surface area (Å²) < 4.78 is 7.26. The predicted molar refractivity (Wildman–Crippen MR) is 105 cm³/mol. The zero-order chi connectivity index (χ0) is 19.6. The third-order valence-electron chi connectivity index (χ3n) is 4.47. The summed E-state index contributed by atoms with van der Waals surface area (Å²) in [6.45, 7) is 0.0894. The van der Waals surface area contributed by atoms with Crippen LogP contribution in [0.25, 0.3) is 11.2 Å². The van der Waals surface area contributed by atoms with Crippen LogP contribution in [-0.2, 0) is 9.53 Å². The number of aliphatic hydroxyl groups is 2. The second-order valence-electron chi connectivity index (χ2n) is 6.21. The average molecular weight is 526 g/mol. The number of fused-ring (bicyclic) bond motifs is 1. The van der Waals surface area contributed by atoms with Crippen LogP contribution >= 0.6 is 0 Å². The second-order valence-corrected chi connectivity index (χ2v) is 8.28. The van der Waals surface area contributed by atoms with Crippen LogP contribution in [0.15, 0.2) is 12.7 Å². The Morgan fingerprint density at radius 2 is 2.14 bits per heavy atom. The van der Waals surface area contributed by atoms with E-state index in [1.807, 2.05) is 5.82 Å². The van der Waals surface area contributed by atoms with Gasteiger partial charge in [0.1, 0.15) is 0 Å². The number of anilines is 1. The maximum atomic E-state index is 11.3. The summed E-state index contributed by atoms with van der Waals surface area (Å²) in [7, 11) is 0. The Morgan fingerprint density at radius 1 is 1.39 bits per heavy atom. The van der Waals surface area contributed by atoms with E-state index >= 15 is 0 Å². The van der Waals surface area contributed by atoms with Gasteiger partial charge in [-0.25, -0.2) is 4.98 Å². The van der Waals surface area contributed by atoms with Crippen molar-refractivity contribution >= 4 is 55.0 Å². The molecular weight excluding hydrogens is 502 g/mol. The predicted octanol–water partition coefficient (Wildman–Crippen LogP) is -2.28. The first-order valence-electron chi connectivity index (χ1n) is 8.33. The molecule has 2 aromatic rings. The van der Waals surface area contributed by atoms with Crippen molar-refractivity contribution < 1.29 is 24.9 Å². The molecule has 0 bridgehead atoms. The zero-order valence-corrected chi connectivity index (χ0v) is 18.9. The average Bonchev–Trinajstić information content (AvgIpc) is 3.18. The fraction of sp³-hybridized carbons (Fsp3) is 0.600. The van der Waals surface area contributed by atoms with Crippen LogP contribution in [0.1, 0.15) is 12.6 Å². The third-order valence-corrected chi connectivity index (χ3v) is 5.82. The molecule has 1 aliphatic heterocycles. The summed E-state index contributed by atoms with van der Waals surface area (Å²) in [5, 5.41) is 33.8. The summed E-state index contributed by atoms with van der Waals surface area (Å²) in [6.07, 6.45) is -0.932. The first kappa shape index (κ1) is 23.0. The van der Waals surface area contributed by atoms with Gasteiger partial charge in [0.25, 0.3) is 0 Å². The van der Waals surface area contributed by atoms with Crippen molar-refractivity contribution in [3.63, 3.8) is 0 Å². The van der Waals surface area contributed by atoms with Crippen molar-refractivity contribution in [2.24, 2.45) is 0 Å². The Bertz CT molecular complexity index is 808. The molecule has 11 nitrogen and oxygen atoms in total. The first-order chi connectivity index (χ1) is 12.9. The van der Waals surface area contributed by atoms with Gasteiger partial charge < -0.3 is 5.73 Å². The molecule has 2 aromatic heterocycles. The van der Waals surface area contributed by atoms with Gasteiger partial charge in [0, 0.05) is 0 Å². The van der Waals surface area contributed by atoms with Crippen LogP contribution in [-0.4, -0.2) is 104 Å². The quantitative estimate of drug-likeness (QED) is 0.236. The molecule has 1 saturated heterocycles. The summed E-state index contributed by atoms with van der Waals surface area (Å²) in [5.74, 6) is 1.30. The van der Waals surface area contributed by atoms with Gasteiger partial charge >= 0.3 is 167 Å². The Morgan fingerprint density at radius 3 is 2.82 bits per heavy atom. The molecular formula is C15H24N6O5Se2. The van der Waals surface area contributed by atoms with Crippen molar-refractivity contribution in [2.45, 2.75) is 48.1 Å². The molecule has 3 rings (SSSR count). The normalized spacial score (nSPS) is 25.5. The van der Waals surface area contributed by atoms with Gasteiger partial charge in [0.05, 0.1) is 0 Å². The minimum absolute atomic E-state index is 0. The van der Waals surface area contributed by atoms with Crippen molar-refractivity contribution in [1.82, 2.24) is 24.8 Å². The molecule has 156 valence electrons. The number of carbonyl (C=O) groups is 1. The SMILES string of the molecule is C[Se]CCC(NC[C@H]1O[C@@H](n2cnc3c(N)ncnc32)[C@H](O)[C@@H]1O)C(=O)O.[SeH2]. The van der Waals surface area contributed by atoms with Gasteiger partial charge in [-0.3, -0.25) is 0 Å². The number of imidazole rings is 1. The molecule has 1 fully saturated rings. The zero-order valence-electron chi connectivity index (χ0n) is 15.1. The van der Waals surface area contributed by atoms with E-state index in [9.17, 15) is 20.1 Å². The van der Waals surface area contributed by atoms with Crippen molar-refractivity contribution in [3.8, 4) is 0 Å². The number of aromatic nitrogens is 4. The number of aliphatic carboxylic acids is 1. The van der Waals surface area contributed by atoms with Crippen LogP contribution in [0.5, 0.6) is 0 Å². The summed E-state index contributed by atoms with van der Waals surface area (Å²) >= 11 is 0.381. The molecule has 0 radical (unpaired) electrons. The Balaban J connectivity index is 0.00000280. The Kier molecular flexibility index (Phi) is 8.16. The summed E-state index contributed by atoms with van der Waals surface area (Å²) in [4.78, 5) is 23.4. The molecule has 1 aliphatic rings. The molecule has 1 unspecified atom stereocenters. The van der Waals surface area contributed by atoms with E-state index in [1.54, 1.807) is 0 Å². The number of hydrogen-bond acceptors (Lipinski definition) is 9. The maximum absolute atomic E-state index is 11.3. The van der Waals surface area contributed by atoms with Crippen LogP contribution in [0.2, 0.25) is 11.1 Å². The molecule has 0 amide bonds. The van der Waals surface area contributed by atoms with E-state index in [0.29, 0.717) is 32.5 Å². The first-order valence-corrected chi connectivity index (χ1v) is 11.3. The number of rotatable bonds is 8. The van der Waals surface area contributed by atoms with Crippen LogP contribution in [0, 0.1) is 0 Å². The number of ether oxygens (including phenoxy) is 1. The molecule has 0 saturated carbocycles. The van der Waals surface area contributed by atoms with E-state index in [0.717, 1.165) is 5.32 Å². The number of carboxylic acid groups (broad SMARTS) is 1. The monoisotopic (exact) mass is 528 g/mol. The number of nitrogens with two attached hydrogens (primary N) is 1. The summed E-state index contributed by atoms with van der Waals surface area (Å²) in [5.41, 5.74) is 6.51. The molecule has 0 aromatic carbocycles. The van der Waals surface area contributed by atoms with Crippen LogP contribution < -0.4 is 11.1 Å². The molecule has 28 heavy (non-hydrogen) atoms. The minimum atomic E-state index is -1.23. The molecule has 0 aliphatic carbocycles. The number of nitrogen functional groups attached to an aromatic ring is 1. The van der Waals surface area contributed by atoms with Crippen molar-refractivity contribution in [3.05, 3.63) is 12.7 Å². The van der Waals surface area contributed by atoms with E-state index < -0.39 is 36.6 Å². The number of nitrogens with one attached hydrogen (secondary N) is 1. The standard InChI is InChI=1S/C15H22N6O5Se.H2Se/c1-27-3-2-7(15(24)25)17-4-8-10(22)11(23)14(26-8)21-6-20-9-12(16)18-5-19-13(9)21;/h5-8,10-11,14,17,22-23H,2-4H2,1H3,(H,24,25)(H2,16,18,19);1H2/t7?,8-,10-,11-,14-;/m1./s1. The van der Waals surface area contributed by atoms with Gasteiger partial charge in [-0.05, 0) is 0 Å². The number of carboxylic acids is 1. The van der Waals surface area contributed by atoms with E-state index in [1.165, 1.54) is 17.2 Å². The van der Waals surface area contributed by atoms with Gasteiger partial charge in [-0.1, -0.05) is 0 Å².